The normalized spacial score (nSPS) is 17.1. The van der Waals surface area contributed by atoms with Crippen molar-refractivity contribution >= 4 is 11.6 Å². The van der Waals surface area contributed by atoms with Crippen LogP contribution in [0.15, 0.2) is 47.2 Å². The number of carbonyl (C=O) groups excluding carboxylic acids is 1. The number of piperidine rings is 1. The van der Waals surface area contributed by atoms with E-state index in [-0.39, 0.29) is 11.7 Å². The minimum atomic E-state index is -0.503. The van der Waals surface area contributed by atoms with Gasteiger partial charge in [-0.25, -0.2) is 4.39 Å². The Morgan fingerprint density at radius 2 is 2.07 bits per heavy atom. The van der Waals surface area contributed by atoms with Crippen molar-refractivity contribution in [3.05, 3.63) is 60.0 Å². The molecule has 3 heterocycles. The van der Waals surface area contributed by atoms with Gasteiger partial charge in [-0.15, -0.1) is 0 Å². The van der Waals surface area contributed by atoms with Crippen LogP contribution in [0.3, 0.4) is 0 Å². The summed E-state index contributed by atoms with van der Waals surface area (Å²) in [6, 6.07) is 7.76. The van der Waals surface area contributed by atoms with Crippen LogP contribution in [0.25, 0.3) is 11.4 Å². The number of nitrogens with two attached hydrogens (primary N) is 1. The molecule has 27 heavy (non-hydrogen) atoms. The number of benzene rings is 1. The summed E-state index contributed by atoms with van der Waals surface area (Å²) < 4.78 is 18.6. The molecule has 2 N–H and O–H groups in total. The summed E-state index contributed by atoms with van der Waals surface area (Å²) in [5.41, 5.74) is 7.33. The van der Waals surface area contributed by atoms with Crippen LogP contribution in [-0.4, -0.2) is 34.1 Å². The Morgan fingerprint density at radius 1 is 1.26 bits per heavy atom. The highest BCUT2D eigenvalue weighted by Gasteiger charge is 2.28. The minimum absolute atomic E-state index is 0.0364. The minimum Gasteiger partial charge on any atom is -0.370 e. The number of pyridine rings is 1. The van der Waals surface area contributed by atoms with E-state index in [1.165, 1.54) is 18.3 Å². The first-order chi connectivity index (χ1) is 13.1. The van der Waals surface area contributed by atoms with Crippen LogP contribution in [0, 0.1) is 5.82 Å². The summed E-state index contributed by atoms with van der Waals surface area (Å²) in [5.74, 6) is 0.191. The van der Waals surface area contributed by atoms with E-state index in [2.05, 4.69) is 20.0 Å². The Morgan fingerprint density at radius 3 is 2.85 bits per heavy atom. The summed E-state index contributed by atoms with van der Waals surface area (Å²) in [6.07, 6.45) is 4.95. The fraction of sp³-hybridized carbons (Fsp3) is 0.263. The second kappa shape index (κ2) is 7.14. The topological polar surface area (TPSA) is 98.1 Å². The average Bonchev–Trinajstić information content (AvgIpc) is 3.19. The maximum atomic E-state index is 13.1. The largest absolute Gasteiger partial charge is 0.370 e. The lowest BCUT2D eigenvalue weighted by Gasteiger charge is -2.33. The van der Waals surface area contributed by atoms with Crippen LogP contribution in [0.4, 0.5) is 10.1 Å². The molecule has 1 fully saturated rings. The Balaban J connectivity index is 1.56. The number of hydrogen-bond acceptors (Lipinski definition) is 6. The van der Waals surface area contributed by atoms with Gasteiger partial charge in [-0.3, -0.25) is 9.78 Å². The first-order valence-electron chi connectivity index (χ1n) is 8.70. The summed E-state index contributed by atoms with van der Waals surface area (Å²) in [4.78, 5) is 22.3. The first-order valence-corrected chi connectivity index (χ1v) is 8.70. The molecule has 7 nitrogen and oxygen atoms in total. The molecular weight excluding hydrogens is 349 g/mol. The second-order valence-corrected chi connectivity index (χ2v) is 6.51. The molecule has 1 aliphatic heterocycles. The van der Waals surface area contributed by atoms with Gasteiger partial charge in [0.15, 0.2) is 0 Å². The van der Waals surface area contributed by atoms with Gasteiger partial charge in [-0.2, -0.15) is 4.98 Å². The van der Waals surface area contributed by atoms with Crippen molar-refractivity contribution in [2.45, 2.75) is 18.8 Å². The van der Waals surface area contributed by atoms with Crippen molar-refractivity contribution in [2.24, 2.45) is 5.73 Å². The van der Waals surface area contributed by atoms with Gasteiger partial charge in [0.2, 0.25) is 11.7 Å². The van der Waals surface area contributed by atoms with Gasteiger partial charge in [0, 0.05) is 31.0 Å². The second-order valence-electron chi connectivity index (χ2n) is 6.51. The fourth-order valence-electron chi connectivity index (χ4n) is 3.37. The molecule has 2 aromatic heterocycles. The molecule has 0 spiro atoms. The van der Waals surface area contributed by atoms with Gasteiger partial charge >= 0.3 is 0 Å². The van der Waals surface area contributed by atoms with Gasteiger partial charge in [-0.05, 0) is 43.2 Å². The highest BCUT2D eigenvalue weighted by atomic mass is 19.1. The van der Waals surface area contributed by atoms with Crippen LogP contribution < -0.4 is 10.6 Å². The van der Waals surface area contributed by atoms with Crippen LogP contribution in [0.2, 0.25) is 0 Å². The summed E-state index contributed by atoms with van der Waals surface area (Å²) >= 11 is 0. The van der Waals surface area contributed by atoms with Crippen molar-refractivity contribution in [2.75, 3.05) is 18.0 Å². The molecule has 0 bridgehead atoms. The number of primary amides is 1. The molecule has 1 atom stereocenters. The highest BCUT2D eigenvalue weighted by Crippen LogP contribution is 2.31. The maximum absolute atomic E-state index is 13.1. The zero-order chi connectivity index (χ0) is 18.8. The van der Waals surface area contributed by atoms with Crippen LogP contribution >= 0.6 is 0 Å². The molecule has 4 rings (SSSR count). The maximum Gasteiger partial charge on any atom is 0.252 e. The zero-order valence-electron chi connectivity index (χ0n) is 14.5. The van der Waals surface area contributed by atoms with E-state index in [0.29, 0.717) is 29.4 Å². The number of nitrogens with zero attached hydrogens (tertiary/aromatic N) is 4. The lowest BCUT2D eigenvalue weighted by atomic mass is 9.97. The lowest BCUT2D eigenvalue weighted by molar-refractivity contribution is 0.100. The molecule has 1 unspecified atom stereocenters. The first kappa shape index (κ1) is 17.1. The number of carbonyl (C=O) groups is 1. The van der Waals surface area contributed by atoms with E-state index >= 15 is 0 Å². The highest BCUT2D eigenvalue weighted by molar-refractivity contribution is 5.98. The number of rotatable bonds is 4. The molecule has 1 amide bonds. The quantitative estimate of drug-likeness (QED) is 0.761. The van der Waals surface area contributed by atoms with Crippen molar-refractivity contribution in [1.82, 2.24) is 15.1 Å². The summed E-state index contributed by atoms with van der Waals surface area (Å²) in [5, 5.41) is 4.02. The number of anilines is 1. The predicted molar refractivity (Wildman–Crippen MR) is 96.6 cm³/mol. The molecule has 1 aromatic carbocycles. The number of hydrogen-bond donors (Lipinski definition) is 1. The number of amides is 1. The molecule has 0 aliphatic carbocycles. The third-order valence-electron chi connectivity index (χ3n) is 4.72. The monoisotopic (exact) mass is 367 g/mol. The van der Waals surface area contributed by atoms with Crippen molar-refractivity contribution < 1.29 is 13.7 Å². The smallest absolute Gasteiger partial charge is 0.252 e. The summed E-state index contributed by atoms with van der Waals surface area (Å²) in [6.45, 7) is 1.44. The molecule has 3 aromatic rings. The third kappa shape index (κ3) is 3.51. The van der Waals surface area contributed by atoms with Crippen molar-refractivity contribution in [3.8, 4) is 11.4 Å². The van der Waals surface area contributed by atoms with Crippen LogP contribution in [0.1, 0.15) is 35.0 Å². The van der Waals surface area contributed by atoms with Gasteiger partial charge < -0.3 is 15.2 Å². The Kier molecular flexibility index (Phi) is 4.53. The zero-order valence-corrected chi connectivity index (χ0v) is 14.5. The van der Waals surface area contributed by atoms with Gasteiger partial charge in [0.25, 0.3) is 5.91 Å². The lowest BCUT2D eigenvalue weighted by Crippen LogP contribution is -2.36. The van der Waals surface area contributed by atoms with Gasteiger partial charge in [0.1, 0.15) is 5.82 Å². The van der Waals surface area contributed by atoms with Gasteiger partial charge in [0.05, 0.1) is 17.2 Å². The summed E-state index contributed by atoms with van der Waals surface area (Å²) in [7, 11) is 0. The van der Waals surface area contributed by atoms with E-state index in [0.717, 1.165) is 25.1 Å². The standard InChI is InChI=1S/C19H18FN5O2/c20-14-5-3-12(4-6-14)18-23-19(27-24-18)13-2-1-9-25(11-13)16-7-8-22-10-15(16)17(21)26/h3-8,10,13H,1-2,9,11H2,(H2,21,26). The molecule has 0 radical (unpaired) electrons. The van der Waals surface area contributed by atoms with Crippen LogP contribution in [0.5, 0.6) is 0 Å². The van der Waals surface area contributed by atoms with E-state index in [1.54, 1.807) is 24.4 Å². The molecule has 1 aliphatic rings. The van der Waals surface area contributed by atoms with Crippen molar-refractivity contribution in [1.29, 1.82) is 0 Å². The molecule has 138 valence electrons. The number of halogens is 1. The Hall–Kier alpha value is -3.29. The fourth-order valence-corrected chi connectivity index (χ4v) is 3.37. The molecular formula is C19H18FN5O2. The Labute approximate surface area is 155 Å². The average molecular weight is 367 g/mol. The van der Waals surface area contributed by atoms with Crippen LogP contribution in [-0.2, 0) is 0 Å². The Bertz CT molecular complexity index is 957. The van der Waals surface area contributed by atoms with E-state index in [9.17, 15) is 9.18 Å². The third-order valence-corrected chi connectivity index (χ3v) is 4.72. The predicted octanol–water partition coefficient (Wildman–Crippen LogP) is 2.75. The molecule has 1 saturated heterocycles. The van der Waals surface area contributed by atoms with Gasteiger partial charge in [-0.1, -0.05) is 5.16 Å². The van der Waals surface area contributed by atoms with Crippen molar-refractivity contribution in [3.63, 3.8) is 0 Å². The van der Waals surface area contributed by atoms with E-state index in [4.69, 9.17) is 10.3 Å². The van der Waals surface area contributed by atoms with E-state index < -0.39 is 5.91 Å². The SMILES string of the molecule is NC(=O)c1cnccc1N1CCCC(c2nc(-c3ccc(F)cc3)no2)C1. The van der Waals surface area contributed by atoms with E-state index in [1.807, 2.05) is 0 Å². The molecule has 0 saturated carbocycles. The number of aromatic nitrogens is 3. The molecule has 8 heteroatoms.